The first-order valence-corrected chi connectivity index (χ1v) is 10.9. The molecule has 0 saturated heterocycles. The molecule has 34 heavy (non-hydrogen) atoms. The number of aromatic nitrogens is 2. The Kier molecular flexibility index (Phi) is 5.86. The molecular weight excluding hydrogens is 424 g/mol. The summed E-state index contributed by atoms with van der Waals surface area (Å²) in [5, 5.41) is 8.57. The van der Waals surface area contributed by atoms with Crippen LogP contribution in [0.3, 0.4) is 0 Å². The van der Waals surface area contributed by atoms with E-state index in [4.69, 9.17) is 4.42 Å². The number of hydrazone groups is 1. The number of rotatable bonds is 6. The number of aryl methyl sites for hydroxylation is 1. The Morgan fingerprint density at radius 1 is 0.882 bits per heavy atom. The minimum Gasteiger partial charge on any atom is -0.463 e. The molecular formula is C28H22N4O2. The molecule has 0 aliphatic heterocycles. The smallest absolute Gasteiger partial charge is 0.291 e. The Labute approximate surface area is 197 Å². The SMILES string of the molecule is Cc1cccc(-n2nc(C(=O)N/N=C\c3ccco3)cc2-c2ccc(-c3ccccc3)cc2)c1. The second kappa shape index (κ2) is 9.42. The first-order chi connectivity index (χ1) is 16.7. The molecule has 0 radical (unpaired) electrons. The maximum Gasteiger partial charge on any atom is 0.291 e. The molecule has 0 unspecified atom stereocenters. The van der Waals surface area contributed by atoms with Gasteiger partial charge in [0.25, 0.3) is 5.91 Å². The van der Waals surface area contributed by atoms with E-state index in [1.54, 1.807) is 29.1 Å². The van der Waals surface area contributed by atoms with E-state index in [1.807, 2.05) is 61.5 Å². The van der Waals surface area contributed by atoms with Crippen molar-refractivity contribution >= 4 is 12.1 Å². The zero-order chi connectivity index (χ0) is 23.3. The lowest BCUT2D eigenvalue weighted by Gasteiger charge is -2.09. The van der Waals surface area contributed by atoms with Crippen molar-refractivity contribution in [3.8, 4) is 28.1 Å². The van der Waals surface area contributed by atoms with Crippen molar-refractivity contribution in [3.63, 3.8) is 0 Å². The summed E-state index contributed by atoms with van der Waals surface area (Å²) in [5.41, 5.74) is 8.79. The molecule has 0 aliphatic rings. The van der Waals surface area contributed by atoms with Crippen LogP contribution in [0, 0.1) is 6.92 Å². The van der Waals surface area contributed by atoms with Crippen LogP contribution >= 0.6 is 0 Å². The minimum absolute atomic E-state index is 0.264. The second-order valence-corrected chi connectivity index (χ2v) is 7.82. The molecule has 0 saturated carbocycles. The highest BCUT2D eigenvalue weighted by Gasteiger charge is 2.17. The summed E-state index contributed by atoms with van der Waals surface area (Å²) in [5.74, 6) is 0.140. The van der Waals surface area contributed by atoms with Gasteiger partial charge in [0, 0.05) is 5.56 Å². The van der Waals surface area contributed by atoms with E-state index < -0.39 is 5.91 Å². The molecule has 5 aromatic rings. The highest BCUT2D eigenvalue weighted by Crippen LogP contribution is 2.27. The summed E-state index contributed by atoms with van der Waals surface area (Å²) in [6.07, 6.45) is 2.99. The van der Waals surface area contributed by atoms with Gasteiger partial charge in [-0.25, -0.2) is 10.1 Å². The van der Waals surface area contributed by atoms with Gasteiger partial charge < -0.3 is 4.42 Å². The number of nitrogens with one attached hydrogen (secondary N) is 1. The van der Waals surface area contributed by atoms with Crippen LogP contribution in [0.25, 0.3) is 28.1 Å². The average Bonchev–Trinajstić information content (AvgIpc) is 3.55. The molecule has 166 valence electrons. The predicted octanol–water partition coefficient (Wildman–Crippen LogP) is 5.87. The van der Waals surface area contributed by atoms with E-state index in [0.29, 0.717) is 5.76 Å². The molecule has 3 aromatic carbocycles. The first kappa shape index (κ1) is 21.2. The maximum atomic E-state index is 12.8. The van der Waals surface area contributed by atoms with Gasteiger partial charge in [-0.15, -0.1) is 0 Å². The quantitative estimate of drug-likeness (QED) is 0.262. The number of furan rings is 1. The Balaban J connectivity index is 1.49. The van der Waals surface area contributed by atoms with Crippen molar-refractivity contribution < 1.29 is 9.21 Å². The van der Waals surface area contributed by atoms with Gasteiger partial charge in [-0.2, -0.15) is 10.2 Å². The fourth-order valence-corrected chi connectivity index (χ4v) is 3.69. The molecule has 0 bridgehead atoms. The van der Waals surface area contributed by atoms with E-state index >= 15 is 0 Å². The van der Waals surface area contributed by atoms with Crippen LogP contribution in [-0.4, -0.2) is 21.9 Å². The Bertz CT molecular complexity index is 1430. The maximum absolute atomic E-state index is 12.8. The van der Waals surface area contributed by atoms with Gasteiger partial charge in [0.1, 0.15) is 5.76 Å². The summed E-state index contributed by atoms with van der Waals surface area (Å²) in [6, 6.07) is 31.7. The third kappa shape index (κ3) is 4.56. The van der Waals surface area contributed by atoms with E-state index in [2.05, 4.69) is 39.9 Å². The van der Waals surface area contributed by atoms with Crippen LogP contribution in [-0.2, 0) is 0 Å². The van der Waals surface area contributed by atoms with Crippen LogP contribution in [0.4, 0.5) is 0 Å². The summed E-state index contributed by atoms with van der Waals surface area (Å²) in [7, 11) is 0. The lowest BCUT2D eigenvalue weighted by molar-refractivity contribution is 0.0949. The van der Waals surface area contributed by atoms with Crippen molar-refractivity contribution in [2.75, 3.05) is 0 Å². The van der Waals surface area contributed by atoms with Crippen molar-refractivity contribution in [3.05, 3.63) is 120 Å². The highest BCUT2D eigenvalue weighted by molar-refractivity contribution is 5.94. The molecule has 5 rings (SSSR count). The standard InChI is InChI=1S/C28H22N4O2/c1-20-7-5-10-24(17-20)32-27(23-14-12-22(13-15-23)21-8-3-2-4-9-21)18-26(31-32)28(33)30-29-19-25-11-6-16-34-25/h2-19H,1H3,(H,30,33)/b29-19-. The van der Waals surface area contributed by atoms with Crippen LogP contribution in [0.1, 0.15) is 21.8 Å². The van der Waals surface area contributed by atoms with Crippen molar-refractivity contribution in [1.29, 1.82) is 0 Å². The molecule has 1 amide bonds. The van der Waals surface area contributed by atoms with Gasteiger partial charge in [0.2, 0.25) is 0 Å². The van der Waals surface area contributed by atoms with Gasteiger partial charge >= 0.3 is 0 Å². The summed E-state index contributed by atoms with van der Waals surface area (Å²) >= 11 is 0. The highest BCUT2D eigenvalue weighted by atomic mass is 16.3. The monoisotopic (exact) mass is 446 g/mol. The van der Waals surface area contributed by atoms with Crippen LogP contribution in [0.15, 0.2) is 113 Å². The van der Waals surface area contributed by atoms with Crippen molar-refractivity contribution in [1.82, 2.24) is 15.2 Å². The van der Waals surface area contributed by atoms with Crippen LogP contribution < -0.4 is 5.43 Å². The zero-order valence-corrected chi connectivity index (χ0v) is 18.6. The molecule has 0 atom stereocenters. The van der Waals surface area contributed by atoms with Crippen molar-refractivity contribution in [2.45, 2.75) is 6.92 Å². The summed E-state index contributed by atoms with van der Waals surface area (Å²) in [6.45, 7) is 2.03. The van der Waals surface area contributed by atoms with E-state index in [9.17, 15) is 4.79 Å². The Morgan fingerprint density at radius 2 is 1.65 bits per heavy atom. The third-order valence-electron chi connectivity index (χ3n) is 5.38. The van der Waals surface area contributed by atoms with Crippen molar-refractivity contribution in [2.24, 2.45) is 5.10 Å². The number of hydrogen-bond acceptors (Lipinski definition) is 4. The zero-order valence-electron chi connectivity index (χ0n) is 18.6. The number of benzene rings is 3. The number of hydrogen-bond donors (Lipinski definition) is 1. The third-order valence-corrected chi connectivity index (χ3v) is 5.38. The van der Waals surface area contributed by atoms with E-state index in [0.717, 1.165) is 33.6 Å². The fraction of sp³-hybridized carbons (Fsp3) is 0.0357. The Morgan fingerprint density at radius 3 is 2.38 bits per heavy atom. The minimum atomic E-state index is -0.406. The number of carbonyl (C=O) groups is 1. The lowest BCUT2D eigenvalue weighted by atomic mass is 10.0. The normalized spacial score (nSPS) is 11.1. The summed E-state index contributed by atoms with van der Waals surface area (Å²) in [4.78, 5) is 12.8. The first-order valence-electron chi connectivity index (χ1n) is 10.9. The van der Waals surface area contributed by atoms with Gasteiger partial charge in [-0.3, -0.25) is 4.79 Å². The average molecular weight is 447 g/mol. The van der Waals surface area contributed by atoms with E-state index in [1.165, 1.54) is 6.21 Å². The van der Waals surface area contributed by atoms with Gasteiger partial charge in [-0.1, -0.05) is 66.7 Å². The topological polar surface area (TPSA) is 72.4 Å². The van der Waals surface area contributed by atoms with Gasteiger partial charge in [0.15, 0.2) is 5.69 Å². The molecule has 6 heteroatoms. The fourth-order valence-electron chi connectivity index (χ4n) is 3.69. The Hall–Kier alpha value is -4.71. The predicted molar refractivity (Wildman–Crippen MR) is 133 cm³/mol. The van der Waals surface area contributed by atoms with Gasteiger partial charge in [-0.05, 0) is 53.9 Å². The molecule has 6 nitrogen and oxygen atoms in total. The number of nitrogens with zero attached hydrogens (tertiary/aromatic N) is 3. The van der Waals surface area contributed by atoms with Crippen LogP contribution in [0.2, 0.25) is 0 Å². The lowest BCUT2D eigenvalue weighted by Crippen LogP contribution is -2.18. The largest absolute Gasteiger partial charge is 0.463 e. The van der Waals surface area contributed by atoms with E-state index in [-0.39, 0.29) is 5.69 Å². The van der Waals surface area contributed by atoms with Crippen LogP contribution in [0.5, 0.6) is 0 Å². The molecule has 2 aromatic heterocycles. The summed E-state index contributed by atoms with van der Waals surface area (Å²) < 4.78 is 6.98. The molecule has 0 aliphatic carbocycles. The number of carbonyl (C=O) groups excluding carboxylic acids is 1. The number of amides is 1. The molecule has 2 heterocycles. The second-order valence-electron chi connectivity index (χ2n) is 7.82. The molecule has 0 spiro atoms. The molecule has 0 fully saturated rings. The molecule has 1 N–H and O–H groups in total. The van der Waals surface area contributed by atoms with Gasteiger partial charge in [0.05, 0.1) is 23.9 Å².